The molecule has 1 aliphatic rings. The zero-order valence-corrected chi connectivity index (χ0v) is 14.4. The first-order chi connectivity index (χ1) is 9.81. The molecule has 0 aromatic heterocycles. The summed E-state index contributed by atoms with van der Waals surface area (Å²) in [7, 11) is 0. The summed E-state index contributed by atoms with van der Waals surface area (Å²) in [6.07, 6.45) is 24.9. The molecule has 0 N–H and O–H groups in total. The third kappa shape index (κ3) is 19.5. The molecule has 0 radical (unpaired) electrons. The molecule has 21 heavy (non-hydrogen) atoms. The molecule has 0 saturated carbocycles. The molecule has 0 bridgehead atoms. The third-order valence-corrected chi connectivity index (χ3v) is 3.93. The van der Waals surface area contributed by atoms with E-state index in [1.54, 1.807) is 0 Å². The number of unbranched alkanes of at least 4 members (excludes halogenated alkanes) is 10. The lowest BCUT2D eigenvalue weighted by molar-refractivity contribution is 0.554. The number of allylic oxidation sites excluding steroid dienone is 4. The summed E-state index contributed by atoms with van der Waals surface area (Å²) in [4.78, 5) is 0. The largest absolute Gasteiger partial charge is 0.0842 e. The van der Waals surface area contributed by atoms with Gasteiger partial charge in [-0.05, 0) is 19.8 Å². The van der Waals surface area contributed by atoms with Crippen LogP contribution in [0.1, 0.15) is 112 Å². The average molecular weight is 295 g/mol. The quantitative estimate of drug-likeness (QED) is 0.356. The van der Waals surface area contributed by atoms with E-state index in [1.165, 1.54) is 89.0 Å². The van der Waals surface area contributed by atoms with Crippen LogP contribution in [0.25, 0.3) is 0 Å². The van der Waals surface area contributed by atoms with E-state index in [9.17, 15) is 0 Å². The fraction of sp³-hybridized carbons (Fsp3) is 0.810. The lowest BCUT2D eigenvalue weighted by Gasteiger charge is -2.00. The van der Waals surface area contributed by atoms with Crippen LogP contribution in [0.4, 0.5) is 0 Å². The highest BCUT2D eigenvalue weighted by atomic mass is 14.0. The molecule has 0 amide bonds. The minimum Gasteiger partial charge on any atom is -0.0842 e. The zero-order chi connectivity index (χ0) is 14.9. The van der Waals surface area contributed by atoms with E-state index in [0.717, 1.165) is 0 Å². The van der Waals surface area contributed by atoms with Gasteiger partial charge in [0.05, 0.1) is 0 Å². The van der Waals surface area contributed by atoms with Gasteiger partial charge in [0.15, 0.2) is 0 Å². The Labute approximate surface area is 136 Å². The molecule has 0 nitrogen and oxygen atoms in total. The second-order valence-electron chi connectivity index (χ2n) is 6.16. The minimum atomic E-state index is 0. The maximum atomic E-state index is 2.28. The van der Waals surface area contributed by atoms with E-state index >= 15 is 0 Å². The fourth-order valence-corrected chi connectivity index (χ4v) is 2.46. The van der Waals surface area contributed by atoms with Crippen LogP contribution in [0.15, 0.2) is 23.8 Å². The van der Waals surface area contributed by atoms with Crippen LogP contribution in [0, 0.1) is 0 Å². The van der Waals surface area contributed by atoms with Crippen molar-refractivity contribution in [2.75, 3.05) is 0 Å². The number of rotatable bonds is 10. The standard InChI is InChI=1S/C13H28.C7H10.CH4/c1-3-5-7-9-11-13-12-10-8-6-4-2;1-7-5-3-2-4-6-7;/h3-13H2,1-2H3;2-3,5H,4,6H2,1H3;1H4. The monoisotopic (exact) mass is 294 g/mol. The summed E-state index contributed by atoms with van der Waals surface area (Å²) in [5.41, 5.74) is 1.50. The molecule has 0 aromatic carbocycles. The van der Waals surface area contributed by atoms with Crippen molar-refractivity contribution in [1.29, 1.82) is 0 Å². The normalized spacial score (nSPS) is 13.0. The summed E-state index contributed by atoms with van der Waals surface area (Å²) in [5, 5.41) is 0. The predicted molar refractivity (Wildman–Crippen MR) is 101 cm³/mol. The van der Waals surface area contributed by atoms with Gasteiger partial charge in [-0.3, -0.25) is 0 Å². The van der Waals surface area contributed by atoms with Gasteiger partial charge in [0.2, 0.25) is 0 Å². The van der Waals surface area contributed by atoms with E-state index in [0.29, 0.717) is 0 Å². The van der Waals surface area contributed by atoms with Gasteiger partial charge < -0.3 is 0 Å². The lowest BCUT2D eigenvalue weighted by Crippen LogP contribution is -1.80. The van der Waals surface area contributed by atoms with E-state index in [-0.39, 0.29) is 7.43 Å². The van der Waals surface area contributed by atoms with E-state index in [4.69, 9.17) is 0 Å². The Morgan fingerprint density at radius 1 is 0.762 bits per heavy atom. The Morgan fingerprint density at radius 2 is 1.19 bits per heavy atom. The molecule has 126 valence electrons. The summed E-state index contributed by atoms with van der Waals surface area (Å²) in [6, 6.07) is 0. The van der Waals surface area contributed by atoms with Crippen molar-refractivity contribution in [2.45, 2.75) is 112 Å². The van der Waals surface area contributed by atoms with Gasteiger partial charge in [-0.15, -0.1) is 0 Å². The number of hydrogen-bond acceptors (Lipinski definition) is 0. The molecule has 0 aromatic rings. The van der Waals surface area contributed by atoms with Gasteiger partial charge in [-0.2, -0.15) is 0 Å². The Morgan fingerprint density at radius 3 is 1.43 bits per heavy atom. The van der Waals surface area contributed by atoms with Crippen LogP contribution < -0.4 is 0 Å². The van der Waals surface area contributed by atoms with E-state index in [2.05, 4.69) is 39.0 Å². The van der Waals surface area contributed by atoms with Crippen molar-refractivity contribution in [3.63, 3.8) is 0 Å². The maximum Gasteiger partial charge on any atom is -0.0285 e. The Hall–Kier alpha value is -0.520. The first-order valence-corrected chi connectivity index (χ1v) is 9.13. The lowest BCUT2D eigenvalue weighted by atomic mass is 10.1. The molecule has 0 atom stereocenters. The topological polar surface area (TPSA) is 0 Å². The highest BCUT2D eigenvalue weighted by molar-refractivity contribution is 5.15. The van der Waals surface area contributed by atoms with Crippen molar-refractivity contribution in [1.82, 2.24) is 0 Å². The van der Waals surface area contributed by atoms with Gasteiger partial charge >= 0.3 is 0 Å². The second-order valence-corrected chi connectivity index (χ2v) is 6.16. The molecule has 0 spiro atoms. The van der Waals surface area contributed by atoms with Crippen molar-refractivity contribution in [3.05, 3.63) is 23.8 Å². The van der Waals surface area contributed by atoms with Gasteiger partial charge in [0.25, 0.3) is 0 Å². The summed E-state index contributed by atoms with van der Waals surface area (Å²) >= 11 is 0. The second kappa shape index (κ2) is 19.5. The first-order valence-electron chi connectivity index (χ1n) is 9.13. The van der Waals surface area contributed by atoms with Crippen LogP contribution in [0.5, 0.6) is 0 Å². The smallest absolute Gasteiger partial charge is 0.0285 e. The molecule has 0 fully saturated rings. The van der Waals surface area contributed by atoms with Crippen LogP contribution in [0.2, 0.25) is 0 Å². The van der Waals surface area contributed by atoms with Crippen molar-refractivity contribution < 1.29 is 0 Å². The summed E-state index contributed by atoms with van der Waals surface area (Å²) < 4.78 is 0. The van der Waals surface area contributed by atoms with Crippen LogP contribution >= 0.6 is 0 Å². The van der Waals surface area contributed by atoms with Gasteiger partial charge in [0.1, 0.15) is 0 Å². The van der Waals surface area contributed by atoms with Gasteiger partial charge in [-0.1, -0.05) is 116 Å². The maximum absolute atomic E-state index is 2.28. The Bertz CT molecular complexity index is 224. The van der Waals surface area contributed by atoms with Crippen molar-refractivity contribution in [2.24, 2.45) is 0 Å². The van der Waals surface area contributed by atoms with E-state index in [1.807, 2.05) is 0 Å². The molecular formula is C21H42. The highest BCUT2D eigenvalue weighted by Gasteiger charge is 1.91. The zero-order valence-electron chi connectivity index (χ0n) is 14.4. The fourth-order valence-electron chi connectivity index (χ4n) is 2.46. The molecular weight excluding hydrogens is 252 g/mol. The van der Waals surface area contributed by atoms with Crippen LogP contribution in [0.3, 0.4) is 0 Å². The number of hydrogen-bond donors (Lipinski definition) is 0. The molecule has 0 heterocycles. The predicted octanol–water partition coefficient (Wildman–Crippen LogP) is 8.24. The van der Waals surface area contributed by atoms with Gasteiger partial charge in [-0.25, -0.2) is 0 Å². The van der Waals surface area contributed by atoms with Gasteiger partial charge in [0, 0.05) is 0 Å². The molecule has 1 aliphatic carbocycles. The van der Waals surface area contributed by atoms with E-state index < -0.39 is 0 Å². The highest BCUT2D eigenvalue weighted by Crippen LogP contribution is 2.11. The minimum absolute atomic E-state index is 0. The molecule has 0 saturated heterocycles. The summed E-state index contributed by atoms with van der Waals surface area (Å²) in [6.45, 7) is 6.74. The molecule has 0 aliphatic heterocycles. The average Bonchev–Trinajstić information content (AvgIpc) is 2.47. The van der Waals surface area contributed by atoms with Crippen molar-refractivity contribution >= 4 is 0 Å². The third-order valence-electron chi connectivity index (χ3n) is 3.93. The summed E-state index contributed by atoms with van der Waals surface area (Å²) in [5.74, 6) is 0. The molecule has 1 rings (SSSR count). The van der Waals surface area contributed by atoms with Crippen LogP contribution in [-0.4, -0.2) is 0 Å². The Balaban J connectivity index is 0. The van der Waals surface area contributed by atoms with Crippen molar-refractivity contribution in [3.8, 4) is 0 Å². The molecule has 0 unspecified atom stereocenters. The first kappa shape index (κ1) is 22.8. The Kier molecular flexibility index (Phi) is 21.1. The van der Waals surface area contributed by atoms with Crippen LogP contribution in [-0.2, 0) is 0 Å². The SMILES string of the molecule is C.CC1=CC=CCC1.CCCCCCCCCCCCC. The molecule has 0 heteroatoms.